The lowest BCUT2D eigenvalue weighted by Gasteiger charge is -2.15. The highest BCUT2D eigenvalue weighted by atomic mass is 35.5. The summed E-state index contributed by atoms with van der Waals surface area (Å²) in [5.74, 6) is 0.122. The van der Waals surface area contributed by atoms with Gasteiger partial charge in [0.25, 0.3) is 0 Å². The number of hydrogen-bond donors (Lipinski definition) is 1. The number of aryl methyl sites for hydroxylation is 3. The van der Waals surface area contributed by atoms with Gasteiger partial charge in [0.2, 0.25) is 11.8 Å². The highest BCUT2D eigenvalue weighted by molar-refractivity contribution is 8.15. The van der Waals surface area contributed by atoms with Gasteiger partial charge in [-0.1, -0.05) is 64.9 Å². The molecule has 3 aromatic carbocycles. The Morgan fingerprint density at radius 3 is 2.56 bits per heavy atom. The molecule has 0 aliphatic carbocycles. The number of thioether (sulfide) groups is 1. The molecule has 1 atom stereocenters. The van der Waals surface area contributed by atoms with Gasteiger partial charge in [-0.2, -0.15) is 0 Å². The Balaban J connectivity index is 1.40. The van der Waals surface area contributed by atoms with Crippen molar-refractivity contribution in [3.8, 4) is 11.3 Å². The van der Waals surface area contributed by atoms with Gasteiger partial charge in [0.1, 0.15) is 10.9 Å². The third-order valence-corrected chi connectivity index (χ3v) is 7.64. The number of amides is 2. The molecule has 1 saturated heterocycles. The fourth-order valence-electron chi connectivity index (χ4n) is 4.41. The lowest BCUT2D eigenvalue weighted by molar-refractivity contribution is -0.128. The molecule has 7 nitrogen and oxygen atoms in total. The first-order valence-corrected chi connectivity index (χ1v) is 13.7. The van der Waals surface area contributed by atoms with E-state index in [4.69, 9.17) is 21.1 Å². The van der Waals surface area contributed by atoms with Crippen LogP contribution in [0.2, 0.25) is 5.02 Å². The number of aromatic nitrogens is 1. The molecule has 1 aliphatic rings. The number of amidine groups is 1. The predicted octanol–water partition coefficient (Wildman–Crippen LogP) is 7.08. The van der Waals surface area contributed by atoms with E-state index in [1.807, 2.05) is 69.3 Å². The van der Waals surface area contributed by atoms with Crippen LogP contribution in [-0.2, 0) is 16.1 Å². The lowest BCUT2D eigenvalue weighted by atomic mass is 10.1. The van der Waals surface area contributed by atoms with Crippen LogP contribution in [0.5, 0.6) is 0 Å². The molecule has 198 valence electrons. The molecular weight excluding hydrogens is 532 g/mol. The van der Waals surface area contributed by atoms with E-state index in [0.29, 0.717) is 21.6 Å². The highest BCUT2D eigenvalue weighted by Gasteiger charge is 2.39. The lowest BCUT2D eigenvalue weighted by Crippen LogP contribution is -2.33. The molecule has 2 heterocycles. The fourth-order valence-corrected chi connectivity index (χ4v) is 5.75. The van der Waals surface area contributed by atoms with Gasteiger partial charge in [0.15, 0.2) is 10.9 Å². The second kappa shape index (κ2) is 11.5. The molecule has 0 saturated carbocycles. The van der Waals surface area contributed by atoms with Crippen molar-refractivity contribution in [1.29, 1.82) is 0 Å². The first-order valence-electron chi connectivity index (χ1n) is 12.5. The van der Waals surface area contributed by atoms with E-state index < -0.39 is 5.25 Å². The molecule has 1 unspecified atom stereocenters. The van der Waals surface area contributed by atoms with Gasteiger partial charge in [0.05, 0.1) is 12.2 Å². The third kappa shape index (κ3) is 6.41. The Morgan fingerprint density at radius 2 is 1.82 bits per heavy atom. The zero-order valence-corrected chi connectivity index (χ0v) is 23.3. The van der Waals surface area contributed by atoms with Gasteiger partial charge in [-0.05, 0) is 67.8 Å². The van der Waals surface area contributed by atoms with E-state index in [1.54, 1.807) is 23.1 Å². The number of nitrogens with one attached hydrogen (secondary N) is 1. The number of hydrogen-bond acceptors (Lipinski definition) is 6. The molecule has 9 heteroatoms. The number of para-hydroxylation sites is 1. The van der Waals surface area contributed by atoms with Crippen LogP contribution in [0.4, 0.5) is 11.4 Å². The minimum Gasteiger partial charge on any atom is -0.356 e. The van der Waals surface area contributed by atoms with Gasteiger partial charge >= 0.3 is 0 Å². The number of halogens is 1. The molecule has 1 aliphatic heterocycles. The van der Waals surface area contributed by atoms with Crippen molar-refractivity contribution in [2.45, 2.75) is 39.0 Å². The zero-order chi connectivity index (χ0) is 27.5. The van der Waals surface area contributed by atoms with Crippen LogP contribution >= 0.6 is 23.4 Å². The summed E-state index contributed by atoms with van der Waals surface area (Å²) in [5.41, 5.74) is 5.94. The van der Waals surface area contributed by atoms with Crippen LogP contribution in [0.15, 0.2) is 82.3 Å². The number of carbonyl (C=O) groups excluding carboxylic acids is 2. The molecule has 4 aromatic rings. The average molecular weight is 559 g/mol. The first-order chi connectivity index (χ1) is 18.7. The topological polar surface area (TPSA) is 87.8 Å². The van der Waals surface area contributed by atoms with Gasteiger partial charge in [-0.15, -0.1) is 0 Å². The monoisotopic (exact) mass is 558 g/mol. The van der Waals surface area contributed by atoms with Crippen LogP contribution in [-0.4, -0.2) is 32.3 Å². The fraction of sp³-hybridized carbons (Fsp3) is 0.200. The van der Waals surface area contributed by atoms with E-state index in [1.165, 1.54) is 11.8 Å². The van der Waals surface area contributed by atoms with Crippen molar-refractivity contribution >= 4 is 51.7 Å². The van der Waals surface area contributed by atoms with Gasteiger partial charge in [-0.3, -0.25) is 14.5 Å². The van der Waals surface area contributed by atoms with Gasteiger partial charge in [0, 0.05) is 28.8 Å². The minimum atomic E-state index is -0.613. The minimum absolute atomic E-state index is 0.0206. The van der Waals surface area contributed by atoms with Crippen LogP contribution in [0.3, 0.4) is 0 Å². The third-order valence-electron chi connectivity index (χ3n) is 6.23. The summed E-state index contributed by atoms with van der Waals surface area (Å²) in [6.07, 6.45) is 0.0206. The molecular formula is C30H27ClN4O3S. The van der Waals surface area contributed by atoms with Crippen molar-refractivity contribution in [2.75, 3.05) is 5.32 Å². The van der Waals surface area contributed by atoms with E-state index >= 15 is 0 Å². The van der Waals surface area contributed by atoms with Crippen molar-refractivity contribution in [3.05, 3.63) is 100 Å². The molecule has 5 rings (SSSR count). The second-order valence-corrected chi connectivity index (χ2v) is 11.1. The quantitative estimate of drug-likeness (QED) is 0.262. The Labute approximate surface area is 236 Å². The maximum atomic E-state index is 13.6. The molecule has 0 spiro atoms. The second-order valence-electron chi connectivity index (χ2n) is 9.53. The predicted molar refractivity (Wildman–Crippen MR) is 156 cm³/mol. The molecule has 0 bridgehead atoms. The average Bonchev–Trinajstić information content (AvgIpc) is 3.46. The Bertz CT molecular complexity index is 1560. The number of carbonyl (C=O) groups is 2. The van der Waals surface area contributed by atoms with Crippen LogP contribution in [0, 0.1) is 20.8 Å². The smallest absolute Gasteiger partial charge is 0.243 e. The normalized spacial score (nSPS) is 16.2. The standard InChI is InChI=1S/C30H27ClN4O3S/c1-18-11-19(2)13-23(12-18)32-30-35(17-24-15-26(38-34-24)21-8-6-9-22(31)14-21)29(37)27(39-30)16-28(36)33-25-10-5-4-7-20(25)3/h4-15,27H,16-17H2,1-3H3,(H,33,36). The number of aliphatic imine (C=N–C) groups is 1. The van der Waals surface area contributed by atoms with E-state index in [-0.39, 0.29) is 24.8 Å². The van der Waals surface area contributed by atoms with Crippen molar-refractivity contribution in [2.24, 2.45) is 4.99 Å². The number of rotatable bonds is 7. The number of benzene rings is 3. The number of nitrogens with zero attached hydrogens (tertiary/aromatic N) is 3. The Morgan fingerprint density at radius 1 is 1.05 bits per heavy atom. The van der Waals surface area contributed by atoms with Crippen LogP contribution in [0.25, 0.3) is 11.3 Å². The molecule has 1 N–H and O–H groups in total. The molecule has 1 fully saturated rings. The first kappa shape index (κ1) is 26.7. The molecule has 0 radical (unpaired) electrons. The maximum absolute atomic E-state index is 13.6. The summed E-state index contributed by atoms with van der Waals surface area (Å²) in [6.45, 7) is 6.10. The van der Waals surface area contributed by atoms with Crippen LogP contribution in [0.1, 0.15) is 28.8 Å². The van der Waals surface area contributed by atoms with Crippen molar-refractivity contribution in [1.82, 2.24) is 10.1 Å². The Hall–Kier alpha value is -3.88. The van der Waals surface area contributed by atoms with Gasteiger partial charge < -0.3 is 9.84 Å². The van der Waals surface area contributed by atoms with Gasteiger partial charge in [-0.25, -0.2) is 4.99 Å². The van der Waals surface area contributed by atoms with Crippen molar-refractivity contribution < 1.29 is 14.1 Å². The SMILES string of the molecule is Cc1cc(C)cc(N=C2SC(CC(=O)Nc3ccccc3C)C(=O)N2Cc2cc(-c3cccc(Cl)c3)on2)c1. The number of anilines is 1. The van der Waals surface area contributed by atoms with Crippen molar-refractivity contribution in [3.63, 3.8) is 0 Å². The summed E-state index contributed by atoms with van der Waals surface area (Å²) in [5, 5.41) is 7.61. The van der Waals surface area contributed by atoms with E-state index in [0.717, 1.165) is 33.6 Å². The molecule has 1 aromatic heterocycles. The van der Waals surface area contributed by atoms with E-state index in [9.17, 15) is 9.59 Å². The molecule has 2 amide bonds. The summed E-state index contributed by atoms with van der Waals surface area (Å²) in [6, 6.07) is 22.6. The highest BCUT2D eigenvalue weighted by Crippen LogP contribution is 2.34. The summed E-state index contributed by atoms with van der Waals surface area (Å²) in [4.78, 5) is 32.9. The zero-order valence-electron chi connectivity index (χ0n) is 21.8. The largest absolute Gasteiger partial charge is 0.356 e. The van der Waals surface area contributed by atoms with E-state index in [2.05, 4.69) is 16.5 Å². The summed E-state index contributed by atoms with van der Waals surface area (Å²) >= 11 is 7.42. The van der Waals surface area contributed by atoms with Crippen LogP contribution < -0.4 is 5.32 Å². The summed E-state index contributed by atoms with van der Waals surface area (Å²) in [7, 11) is 0. The molecule has 39 heavy (non-hydrogen) atoms. The Kier molecular flexibility index (Phi) is 7.86. The maximum Gasteiger partial charge on any atom is 0.243 e. The summed E-state index contributed by atoms with van der Waals surface area (Å²) < 4.78 is 5.55.